The maximum atomic E-state index is 13.8. The first kappa shape index (κ1) is 25.2. The highest BCUT2D eigenvalue weighted by atomic mass is 19.4. The average Bonchev–Trinajstić information content (AvgIpc) is 2.90. The molecule has 1 atom stereocenters. The van der Waals surface area contributed by atoms with Crippen molar-refractivity contribution in [3.8, 4) is 23.0 Å². The van der Waals surface area contributed by atoms with E-state index in [9.17, 15) is 18.0 Å². The third-order valence-electron chi connectivity index (χ3n) is 6.32. The molecule has 190 valence electrons. The number of benzene rings is 3. The van der Waals surface area contributed by atoms with E-state index in [1.807, 2.05) is 6.07 Å². The SMILES string of the molecule is COc1ccc([C@@H]2c3cc(OC)c(OC)cc3CCN2C(=O)c2ccccc2C(F)(F)F)cc1OC. The molecule has 1 aliphatic heterocycles. The van der Waals surface area contributed by atoms with Gasteiger partial charge >= 0.3 is 6.18 Å². The predicted molar refractivity (Wildman–Crippen MR) is 127 cm³/mol. The van der Waals surface area contributed by atoms with Crippen molar-refractivity contribution in [1.29, 1.82) is 0 Å². The number of alkyl halides is 3. The van der Waals surface area contributed by atoms with Crippen LogP contribution in [0.25, 0.3) is 0 Å². The van der Waals surface area contributed by atoms with Gasteiger partial charge in [-0.25, -0.2) is 0 Å². The zero-order chi connectivity index (χ0) is 26.0. The molecule has 3 aromatic carbocycles. The molecule has 0 aliphatic carbocycles. The highest BCUT2D eigenvalue weighted by molar-refractivity contribution is 5.96. The summed E-state index contributed by atoms with van der Waals surface area (Å²) in [6.45, 7) is 0.201. The summed E-state index contributed by atoms with van der Waals surface area (Å²) in [7, 11) is 6.03. The Morgan fingerprint density at radius 1 is 0.833 bits per heavy atom. The molecule has 36 heavy (non-hydrogen) atoms. The summed E-state index contributed by atoms with van der Waals surface area (Å²) in [4.78, 5) is 15.2. The number of carbonyl (C=O) groups is 1. The first-order valence-corrected chi connectivity index (χ1v) is 11.2. The predicted octanol–water partition coefficient (Wildman–Crippen LogP) is 5.53. The topological polar surface area (TPSA) is 57.2 Å². The van der Waals surface area contributed by atoms with Crippen molar-refractivity contribution in [1.82, 2.24) is 4.90 Å². The van der Waals surface area contributed by atoms with Crippen molar-refractivity contribution in [2.75, 3.05) is 35.0 Å². The number of carbonyl (C=O) groups excluding carboxylic acids is 1. The first-order chi connectivity index (χ1) is 17.2. The molecule has 1 amide bonds. The first-order valence-electron chi connectivity index (χ1n) is 11.2. The van der Waals surface area contributed by atoms with Crippen molar-refractivity contribution in [2.24, 2.45) is 0 Å². The third-order valence-corrected chi connectivity index (χ3v) is 6.32. The van der Waals surface area contributed by atoms with E-state index < -0.39 is 29.3 Å². The van der Waals surface area contributed by atoms with E-state index in [2.05, 4.69) is 0 Å². The molecule has 0 unspecified atom stereocenters. The van der Waals surface area contributed by atoms with Crippen LogP contribution in [0.2, 0.25) is 0 Å². The van der Waals surface area contributed by atoms with Gasteiger partial charge in [-0.15, -0.1) is 0 Å². The zero-order valence-corrected chi connectivity index (χ0v) is 20.3. The summed E-state index contributed by atoms with van der Waals surface area (Å²) in [5.41, 5.74) is 0.904. The highest BCUT2D eigenvalue weighted by Crippen LogP contribution is 2.44. The molecule has 1 heterocycles. The Morgan fingerprint density at radius 3 is 2.08 bits per heavy atom. The van der Waals surface area contributed by atoms with Crippen molar-refractivity contribution in [2.45, 2.75) is 18.6 Å². The van der Waals surface area contributed by atoms with Crippen LogP contribution in [0.15, 0.2) is 54.6 Å². The van der Waals surface area contributed by atoms with Crippen molar-refractivity contribution in [3.05, 3.63) is 82.4 Å². The van der Waals surface area contributed by atoms with Gasteiger partial charge in [0, 0.05) is 6.54 Å². The molecule has 0 fully saturated rings. The monoisotopic (exact) mass is 501 g/mol. The smallest absolute Gasteiger partial charge is 0.417 e. The second kappa shape index (κ2) is 10.0. The quantitative estimate of drug-likeness (QED) is 0.445. The molecule has 0 radical (unpaired) electrons. The summed E-state index contributed by atoms with van der Waals surface area (Å²) < 4.78 is 63.0. The normalized spacial score (nSPS) is 15.2. The molecule has 0 N–H and O–H groups in total. The average molecular weight is 502 g/mol. The van der Waals surface area contributed by atoms with Gasteiger partial charge in [0.05, 0.1) is 45.6 Å². The molecule has 0 bridgehead atoms. The Labute approximate surface area is 207 Å². The van der Waals surface area contributed by atoms with Gasteiger partial charge in [0.1, 0.15) is 0 Å². The number of hydrogen-bond donors (Lipinski definition) is 0. The highest BCUT2D eigenvalue weighted by Gasteiger charge is 2.39. The van der Waals surface area contributed by atoms with E-state index in [-0.39, 0.29) is 6.54 Å². The van der Waals surface area contributed by atoms with Crippen LogP contribution >= 0.6 is 0 Å². The maximum absolute atomic E-state index is 13.8. The number of ether oxygens (including phenoxy) is 4. The Bertz CT molecular complexity index is 1270. The lowest BCUT2D eigenvalue weighted by atomic mass is 9.86. The van der Waals surface area contributed by atoms with Crippen LogP contribution in [0.5, 0.6) is 23.0 Å². The fraction of sp³-hybridized carbons (Fsp3) is 0.296. The van der Waals surface area contributed by atoms with Crippen molar-refractivity contribution in [3.63, 3.8) is 0 Å². The fourth-order valence-electron chi connectivity index (χ4n) is 4.62. The molecular formula is C27H26F3NO5. The van der Waals surface area contributed by atoms with E-state index >= 15 is 0 Å². The Balaban J connectivity index is 1.91. The minimum Gasteiger partial charge on any atom is -0.493 e. The Hall–Kier alpha value is -3.88. The number of hydrogen-bond acceptors (Lipinski definition) is 5. The molecule has 9 heteroatoms. The van der Waals surface area contributed by atoms with E-state index in [1.54, 1.807) is 24.3 Å². The molecule has 0 spiro atoms. The van der Waals surface area contributed by atoms with Crippen LogP contribution in [0.3, 0.4) is 0 Å². The van der Waals surface area contributed by atoms with Gasteiger partial charge in [0.15, 0.2) is 23.0 Å². The largest absolute Gasteiger partial charge is 0.493 e. The number of methoxy groups -OCH3 is 4. The lowest BCUT2D eigenvalue weighted by Crippen LogP contribution is -2.41. The standard InChI is InChI=1S/C27H26F3NO5/c1-33-21-10-9-17(14-22(21)34-2)25-19-15-24(36-4)23(35-3)13-16(19)11-12-31(25)26(32)18-7-5-6-8-20(18)27(28,29)30/h5-10,13-15,25H,11-12H2,1-4H3/t25-/m1/s1. The van der Waals surface area contributed by atoms with Crippen LogP contribution in [0, 0.1) is 0 Å². The second-order valence-corrected chi connectivity index (χ2v) is 8.21. The summed E-state index contributed by atoms with van der Waals surface area (Å²) >= 11 is 0. The molecule has 0 aromatic heterocycles. The number of rotatable bonds is 6. The zero-order valence-electron chi connectivity index (χ0n) is 20.3. The minimum absolute atomic E-state index is 0.201. The van der Waals surface area contributed by atoms with Gasteiger partial charge in [0.2, 0.25) is 0 Å². The number of halogens is 3. The molecule has 0 saturated heterocycles. The minimum atomic E-state index is -4.67. The molecule has 1 aliphatic rings. The van der Waals surface area contributed by atoms with Crippen LogP contribution in [0.1, 0.15) is 38.7 Å². The molecule has 6 nitrogen and oxygen atoms in total. The maximum Gasteiger partial charge on any atom is 0.417 e. The van der Waals surface area contributed by atoms with Gasteiger partial charge in [-0.2, -0.15) is 13.2 Å². The Kier molecular flexibility index (Phi) is 7.01. The van der Waals surface area contributed by atoms with Crippen LogP contribution in [-0.2, 0) is 12.6 Å². The van der Waals surface area contributed by atoms with E-state index in [4.69, 9.17) is 18.9 Å². The lowest BCUT2D eigenvalue weighted by molar-refractivity contribution is -0.138. The summed E-state index contributed by atoms with van der Waals surface area (Å²) in [6, 6.07) is 12.9. The van der Waals surface area contributed by atoms with E-state index in [0.29, 0.717) is 35.0 Å². The lowest BCUT2D eigenvalue weighted by Gasteiger charge is -2.38. The van der Waals surface area contributed by atoms with Crippen molar-refractivity contribution >= 4 is 5.91 Å². The van der Waals surface area contributed by atoms with Gasteiger partial charge in [-0.05, 0) is 59.5 Å². The van der Waals surface area contributed by atoms with Gasteiger partial charge in [-0.1, -0.05) is 18.2 Å². The Morgan fingerprint density at radius 2 is 1.44 bits per heavy atom. The number of fused-ring (bicyclic) bond motifs is 1. The van der Waals surface area contributed by atoms with Crippen LogP contribution in [0.4, 0.5) is 13.2 Å². The third kappa shape index (κ3) is 4.53. The molecular weight excluding hydrogens is 475 g/mol. The van der Waals surface area contributed by atoms with Gasteiger partial charge in [-0.3, -0.25) is 4.79 Å². The second-order valence-electron chi connectivity index (χ2n) is 8.21. The van der Waals surface area contributed by atoms with Crippen LogP contribution in [-0.4, -0.2) is 45.8 Å². The summed E-state index contributed by atoms with van der Waals surface area (Å²) in [5.74, 6) is 1.19. The fourth-order valence-corrected chi connectivity index (χ4v) is 4.62. The van der Waals surface area contributed by atoms with Gasteiger partial charge in [0.25, 0.3) is 5.91 Å². The van der Waals surface area contributed by atoms with E-state index in [1.165, 1.54) is 51.5 Å². The van der Waals surface area contributed by atoms with E-state index in [0.717, 1.165) is 17.2 Å². The van der Waals surface area contributed by atoms with Crippen LogP contribution < -0.4 is 18.9 Å². The van der Waals surface area contributed by atoms with Gasteiger partial charge < -0.3 is 23.8 Å². The number of nitrogens with zero attached hydrogens (tertiary/aromatic N) is 1. The molecule has 4 rings (SSSR count). The number of amides is 1. The molecule has 0 saturated carbocycles. The molecule has 3 aromatic rings. The summed E-state index contributed by atoms with van der Waals surface area (Å²) in [6.07, 6.45) is -4.24. The van der Waals surface area contributed by atoms with Crippen molar-refractivity contribution < 1.29 is 36.9 Å². The summed E-state index contributed by atoms with van der Waals surface area (Å²) in [5, 5.41) is 0.